The van der Waals surface area contributed by atoms with Gasteiger partial charge in [-0.1, -0.05) is 12.1 Å². The molecule has 2 aliphatic heterocycles. The molecule has 1 aromatic carbocycles. The molecule has 2 saturated heterocycles. The number of rotatable bonds is 10. The topological polar surface area (TPSA) is 134 Å². The van der Waals surface area contributed by atoms with E-state index in [4.69, 9.17) is 14.6 Å². The summed E-state index contributed by atoms with van der Waals surface area (Å²) in [7, 11) is 0. The Kier molecular flexibility index (Phi) is 9.34. The van der Waals surface area contributed by atoms with Crippen molar-refractivity contribution in [1.29, 1.82) is 0 Å². The summed E-state index contributed by atoms with van der Waals surface area (Å²) in [6, 6.07) is 7.66. The van der Waals surface area contributed by atoms with E-state index in [1.165, 1.54) is 6.20 Å². The van der Waals surface area contributed by atoms with Crippen molar-refractivity contribution in [2.24, 2.45) is 5.92 Å². The van der Waals surface area contributed by atoms with Crippen molar-refractivity contribution in [3.05, 3.63) is 36.7 Å². The fourth-order valence-corrected chi connectivity index (χ4v) is 4.80. The molecule has 2 N–H and O–H groups in total. The van der Waals surface area contributed by atoms with Crippen LogP contribution in [0.15, 0.2) is 36.7 Å². The lowest BCUT2D eigenvalue weighted by atomic mass is 9.95. The lowest BCUT2D eigenvalue weighted by Crippen LogP contribution is -2.42. The van der Waals surface area contributed by atoms with E-state index in [0.29, 0.717) is 50.7 Å². The summed E-state index contributed by atoms with van der Waals surface area (Å²) in [6.45, 7) is 4.83. The third-order valence-corrected chi connectivity index (χ3v) is 6.79. The van der Waals surface area contributed by atoms with Crippen LogP contribution < -0.4 is 19.7 Å². The quantitative estimate of drug-likeness (QED) is 0.480. The first-order chi connectivity index (χ1) is 18.4. The molecule has 2 fully saturated rings. The first-order valence-electron chi connectivity index (χ1n) is 13.2. The van der Waals surface area contributed by atoms with Crippen molar-refractivity contribution in [3.63, 3.8) is 0 Å². The molecule has 3 heterocycles. The summed E-state index contributed by atoms with van der Waals surface area (Å²) in [6.07, 6.45) is 5.87. The van der Waals surface area contributed by atoms with Crippen LogP contribution >= 0.6 is 0 Å². The standard InChI is InChI=1S/C27H35N5O6/c1-2-37-21-7-3-4-8-22(21)38-20-6-5-13-32(18-20)24-17-28-16-23(29-24)30-27(36)19-11-14-31(15-12-19)25(33)9-10-26(34)35/h3-4,7-8,16-17,19-20H,2,5-6,9-15,18H2,1H3,(H,34,35)(H,29,30,36). The van der Waals surface area contributed by atoms with Gasteiger partial charge in [0, 0.05) is 32.0 Å². The number of aliphatic carboxylic acids is 1. The Morgan fingerprint density at radius 3 is 2.55 bits per heavy atom. The van der Waals surface area contributed by atoms with Gasteiger partial charge < -0.3 is 29.7 Å². The molecule has 38 heavy (non-hydrogen) atoms. The monoisotopic (exact) mass is 525 g/mol. The van der Waals surface area contributed by atoms with Crippen LogP contribution in [-0.4, -0.2) is 76.6 Å². The third kappa shape index (κ3) is 7.33. The van der Waals surface area contributed by atoms with Gasteiger partial charge in [0.2, 0.25) is 11.8 Å². The predicted molar refractivity (Wildman–Crippen MR) is 140 cm³/mol. The molecule has 1 unspecified atom stereocenters. The van der Waals surface area contributed by atoms with Gasteiger partial charge in [-0.25, -0.2) is 4.98 Å². The van der Waals surface area contributed by atoms with E-state index in [-0.39, 0.29) is 36.7 Å². The lowest BCUT2D eigenvalue weighted by Gasteiger charge is -2.34. The van der Waals surface area contributed by atoms with Crippen LogP contribution in [0.3, 0.4) is 0 Å². The van der Waals surface area contributed by atoms with Gasteiger partial charge in [0.1, 0.15) is 11.9 Å². The Morgan fingerprint density at radius 1 is 1.05 bits per heavy atom. The minimum Gasteiger partial charge on any atom is -0.490 e. The molecule has 11 heteroatoms. The van der Waals surface area contributed by atoms with Crippen LogP contribution in [0.1, 0.15) is 45.4 Å². The zero-order chi connectivity index (χ0) is 26.9. The summed E-state index contributed by atoms with van der Waals surface area (Å²) in [5.41, 5.74) is 0. The Labute approximate surface area is 222 Å². The molecule has 0 radical (unpaired) electrons. The van der Waals surface area contributed by atoms with E-state index in [2.05, 4.69) is 20.2 Å². The van der Waals surface area contributed by atoms with E-state index in [9.17, 15) is 14.4 Å². The summed E-state index contributed by atoms with van der Waals surface area (Å²) in [4.78, 5) is 48.4. The minimum absolute atomic E-state index is 0.0179. The SMILES string of the molecule is CCOc1ccccc1OC1CCCN(c2cncc(NC(=O)C3CCN(C(=O)CCC(=O)O)CC3)n2)C1. The summed E-state index contributed by atoms with van der Waals surface area (Å²) in [5, 5.41) is 11.7. The number of benzene rings is 1. The maximum absolute atomic E-state index is 12.9. The van der Waals surface area contributed by atoms with Crippen molar-refractivity contribution < 1.29 is 29.0 Å². The molecule has 0 spiro atoms. The summed E-state index contributed by atoms with van der Waals surface area (Å²) >= 11 is 0. The highest BCUT2D eigenvalue weighted by atomic mass is 16.5. The first-order valence-corrected chi connectivity index (χ1v) is 13.2. The molecule has 204 valence electrons. The predicted octanol–water partition coefficient (Wildman–Crippen LogP) is 2.97. The van der Waals surface area contributed by atoms with E-state index < -0.39 is 5.97 Å². The minimum atomic E-state index is -0.990. The van der Waals surface area contributed by atoms with Crippen LogP contribution in [0.4, 0.5) is 11.6 Å². The molecule has 2 aromatic rings. The fourth-order valence-electron chi connectivity index (χ4n) is 4.80. The Hall–Kier alpha value is -3.89. The van der Waals surface area contributed by atoms with Crippen molar-refractivity contribution in [2.45, 2.75) is 51.6 Å². The molecule has 11 nitrogen and oxygen atoms in total. The second-order valence-electron chi connectivity index (χ2n) is 9.51. The number of piperidine rings is 2. The van der Waals surface area contributed by atoms with Crippen molar-refractivity contribution in [3.8, 4) is 11.5 Å². The van der Waals surface area contributed by atoms with Gasteiger partial charge in [-0.3, -0.25) is 19.4 Å². The van der Waals surface area contributed by atoms with Gasteiger partial charge in [-0.15, -0.1) is 0 Å². The van der Waals surface area contributed by atoms with Gasteiger partial charge in [0.15, 0.2) is 17.3 Å². The normalized spacial score (nSPS) is 18.1. The van der Waals surface area contributed by atoms with E-state index in [0.717, 1.165) is 30.9 Å². The van der Waals surface area contributed by atoms with Gasteiger partial charge in [-0.2, -0.15) is 0 Å². The highest BCUT2D eigenvalue weighted by molar-refractivity contribution is 5.92. The number of anilines is 2. The second kappa shape index (κ2) is 13.1. The summed E-state index contributed by atoms with van der Waals surface area (Å²) < 4.78 is 12.0. The van der Waals surface area contributed by atoms with Crippen LogP contribution in [0, 0.1) is 5.92 Å². The number of carboxylic acids is 1. The number of para-hydroxylation sites is 2. The second-order valence-corrected chi connectivity index (χ2v) is 9.51. The molecule has 0 aliphatic carbocycles. The summed E-state index contributed by atoms with van der Waals surface area (Å²) in [5.74, 6) is 0.939. The van der Waals surface area contributed by atoms with Gasteiger partial charge in [0.05, 0.1) is 32.0 Å². The molecule has 2 amide bonds. The van der Waals surface area contributed by atoms with Crippen molar-refractivity contribution in [2.75, 3.05) is 43.0 Å². The van der Waals surface area contributed by atoms with Crippen LogP contribution in [-0.2, 0) is 14.4 Å². The third-order valence-electron chi connectivity index (χ3n) is 6.79. The highest BCUT2D eigenvalue weighted by Crippen LogP contribution is 2.30. The molecule has 4 rings (SSSR count). The molecule has 0 saturated carbocycles. The number of carbonyl (C=O) groups excluding carboxylic acids is 2. The molecule has 1 aromatic heterocycles. The number of ether oxygens (including phenoxy) is 2. The number of likely N-dealkylation sites (tertiary alicyclic amines) is 1. The Bertz CT molecular complexity index is 1120. The zero-order valence-electron chi connectivity index (χ0n) is 21.7. The van der Waals surface area contributed by atoms with E-state index >= 15 is 0 Å². The number of amides is 2. The average Bonchev–Trinajstić information content (AvgIpc) is 2.93. The molecule has 1 atom stereocenters. The fraction of sp³-hybridized carbons (Fsp3) is 0.519. The average molecular weight is 526 g/mol. The largest absolute Gasteiger partial charge is 0.490 e. The van der Waals surface area contributed by atoms with E-state index in [1.807, 2.05) is 31.2 Å². The van der Waals surface area contributed by atoms with Crippen LogP contribution in [0.25, 0.3) is 0 Å². The number of hydrogen-bond donors (Lipinski definition) is 2. The van der Waals surface area contributed by atoms with Crippen LogP contribution in [0.5, 0.6) is 11.5 Å². The van der Waals surface area contributed by atoms with Gasteiger partial charge in [0.25, 0.3) is 0 Å². The number of carboxylic acid groups (broad SMARTS) is 1. The highest BCUT2D eigenvalue weighted by Gasteiger charge is 2.28. The smallest absolute Gasteiger partial charge is 0.303 e. The van der Waals surface area contributed by atoms with E-state index in [1.54, 1.807) is 11.1 Å². The van der Waals surface area contributed by atoms with Crippen LogP contribution in [0.2, 0.25) is 0 Å². The molecule has 2 aliphatic rings. The van der Waals surface area contributed by atoms with Crippen molar-refractivity contribution in [1.82, 2.24) is 14.9 Å². The number of aromatic nitrogens is 2. The van der Waals surface area contributed by atoms with Gasteiger partial charge in [-0.05, 0) is 44.7 Å². The lowest BCUT2D eigenvalue weighted by molar-refractivity contribution is -0.141. The number of carbonyl (C=O) groups is 3. The maximum Gasteiger partial charge on any atom is 0.303 e. The van der Waals surface area contributed by atoms with Crippen molar-refractivity contribution >= 4 is 29.4 Å². The number of nitrogens with zero attached hydrogens (tertiary/aromatic N) is 4. The molecular formula is C27H35N5O6. The maximum atomic E-state index is 12.9. The first kappa shape index (κ1) is 27.2. The zero-order valence-corrected chi connectivity index (χ0v) is 21.7. The number of nitrogens with one attached hydrogen (secondary N) is 1. The molecule has 0 bridgehead atoms. The van der Waals surface area contributed by atoms with Gasteiger partial charge >= 0.3 is 5.97 Å². The number of hydrogen-bond acceptors (Lipinski definition) is 8. The Morgan fingerprint density at radius 2 is 1.82 bits per heavy atom. The Balaban J connectivity index is 1.30. The molecular weight excluding hydrogens is 490 g/mol.